The van der Waals surface area contributed by atoms with Gasteiger partial charge in [-0.25, -0.2) is 0 Å². The molecule has 2 N–H and O–H groups in total. The Morgan fingerprint density at radius 2 is 1.92 bits per heavy atom. The van der Waals surface area contributed by atoms with Crippen LogP contribution in [-0.4, -0.2) is 15.6 Å². The molecule has 0 aliphatic carbocycles. The lowest BCUT2D eigenvalue weighted by Crippen LogP contribution is -2.05. The van der Waals surface area contributed by atoms with Gasteiger partial charge in [0.2, 0.25) is 11.8 Å². The summed E-state index contributed by atoms with van der Waals surface area (Å²) in [5, 5.41) is 16.5. The van der Waals surface area contributed by atoms with Crippen LogP contribution in [-0.2, 0) is 11.3 Å². The third kappa shape index (κ3) is 2.86. The average molecular weight is 323 g/mol. The van der Waals surface area contributed by atoms with Crippen molar-refractivity contribution in [2.75, 3.05) is 5.32 Å². The summed E-state index contributed by atoms with van der Waals surface area (Å²) in [7, 11) is 0. The summed E-state index contributed by atoms with van der Waals surface area (Å²) in [5.41, 5.74) is 3.35. The van der Waals surface area contributed by atoms with Gasteiger partial charge in [0.15, 0.2) is 5.69 Å². The minimum atomic E-state index is -0.210. The van der Waals surface area contributed by atoms with E-state index in [2.05, 4.69) is 10.5 Å². The summed E-state index contributed by atoms with van der Waals surface area (Å²) in [6, 6.07) is 13.0. The fraction of sp³-hybridized carbons (Fsp3) is 0.167. The Labute approximate surface area is 138 Å². The van der Waals surface area contributed by atoms with E-state index < -0.39 is 0 Å². The number of nitrogens with one attached hydrogen (secondary N) is 1. The maximum Gasteiger partial charge on any atom is 0.222 e. The molecule has 2 aromatic carbocycles. The number of anilines is 1. The first-order valence-corrected chi connectivity index (χ1v) is 7.51. The number of nitrogens with zero attached hydrogens (tertiary/aromatic N) is 2. The van der Waals surface area contributed by atoms with Crippen LogP contribution in [0.25, 0.3) is 10.9 Å². The number of aryl methyl sites for hydroxylation is 1. The Hall–Kier alpha value is -3.15. The van der Waals surface area contributed by atoms with Crippen molar-refractivity contribution in [1.29, 1.82) is 0 Å². The summed E-state index contributed by atoms with van der Waals surface area (Å²) in [6.07, 6.45) is 0. The molecule has 0 fully saturated rings. The normalized spacial score (nSPS) is 10.8. The summed E-state index contributed by atoms with van der Waals surface area (Å²) in [6.45, 7) is 3.82. The summed E-state index contributed by atoms with van der Waals surface area (Å²) in [5.74, 6) is -0.390. The number of aromatic hydroxyl groups is 1. The van der Waals surface area contributed by atoms with Crippen LogP contribution in [0.4, 0.5) is 11.4 Å². The lowest BCUT2D eigenvalue weighted by Gasteiger charge is -2.08. The second-order valence-electron chi connectivity index (χ2n) is 5.75. The van der Waals surface area contributed by atoms with Crippen molar-refractivity contribution in [3.8, 4) is 5.88 Å². The molecule has 122 valence electrons. The average Bonchev–Trinajstić information content (AvgIpc) is 2.80. The van der Waals surface area contributed by atoms with E-state index >= 15 is 0 Å². The van der Waals surface area contributed by atoms with Crippen LogP contribution in [0.5, 0.6) is 5.88 Å². The van der Waals surface area contributed by atoms with Gasteiger partial charge >= 0.3 is 0 Å². The smallest absolute Gasteiger partial charge is 0.222 e. The zero-order valence-corrected chi connectivity index (χ0v) is 13.4. The van der Waals surface area contributed by atoms with E-state index in [1.54, 1.807) is 22.8 Å². The Balaban J connectivity index is 2.10. The zero-order chi connectivity index (χ0) is 17.3. The first-order chi connectivity index (χ1) is 11.5. The highest BCUT2D eigenvalue weighted by Crippen LogP contribution is 2.40. The summed E-state index contributed by atoms with van der Waals surface area (Å²) < 4.78 is 1.63. The van der Waals surface area contributed by atoms with Gasteiger partial charge in [-0.3, -0.25) is 4.79 Å². The number of carbonyl (C=O) groups excluding carboxylic acids is 1. The molecular formula is C18H17N3O3. The molecule has 0 aliphatic heterocycles. The topological polar surface area (TPSA) is 83.7 Å². The van der Waals surface area contributed by atoms with Gasteiger partial charge in [-0.05, 0) is 35.9 Å². The number of carbonyl (C=O) groups is 1. The maximum absolute atomic E-state index is 11.2. The quantitative estimate of drug-likeness (QED) is 0.710. The first-order valence-electron chi connectivity index (χ1n) is 7.51. The van der Waals surface area contributed by atoms with Crippen molar-refractivity contribution in [3.05, 3.63) is 58.5 Å². The highest BCUT2D eigenvalue weighted by Gasteiger charge is 2.18. The van der Waals surface area contributed by atoms with Gasteiger partial charge in [-0.2, -0.15) is 0 Å². The van der Waals surface area contributed by atoms with Gasteiger partial charge in [-0.1, -0.05) is 29.8 Å². The van der Waals surface area contributed by atoms with Crippen LogP contribution < -0.4 is 5.32 Å². The lowest BCUT2D eigenvalue weighted by atomic mass is 10.1. The molecule has 0 radical (unpaired) electrons. The molecule has 24 heavy (non-hydrogen) atoms. The van der Waals surface area contributed by atoms with Gasteiger partial charge in [0, 0.05) is 18.0 Å². The fourth-order valence-electron chi connectivity index (χ4n) is 2.73. The lowest BCUT2D eigenvalue weighted by molar-refractivity contribution is -0.114. The number of amides is 1. The van der Waals surface area contributed by atoms with Crippen molar-refractivity contribution in [2.45, 2.75) is 20.4 Å². The number of hydrogen-bond donors (Lipinski definition) is 2. The molecule has 1 aromatic heterocycles. The maximum atomic E-state index is 11.2. The van der Waals surface area contributed by atoms with Crippen LogP contribution >= 0.6 is 0 Å². The van der Waals surface area contributed by atoms with E-state index in [0.717, 1.165) is 11.1 Å². The molecule has 6 nitrogen and oxygen atoms in total. The molecule has 6 heteroatoms. The van der Waals surface area contributed by atoms with E-state index in [1.165, 1.54) is 6.92 Å². The first kappa shape index (κ1) is 15.7. The van der Waals surface area contributed by atoms with Crippen LogP contribution in [0.1, 0.15) is 18.1 Å². The third-order valence-corrected chi connectivity index (χ3v) is 3.88. The zero-order valence-electron chi connectivity index (χ0n) is 13.4. The molecule has 0 atom stereocenters. The summed E-state index contributed by atoms with van der Waals surface area (Å²) in [4.78, 5) is 22.4. The second-order valence-corrected chi connectivity index (χ2v) is 5.75. The number of benzene rings is 2. The van der Waals surface area contributed by atoms with Crippen LogP contribution in [0, 0.1) is 11.8 Å². The highest BCUT2D eigenvalue weighted by atomic mass is 16.3. The van der Waals surface area contributed by atoms with E-state index in [-0.39, 0.29) is 17.5 Å². The van der Waals surface area contributed by atoms with Gasteiger partial charge < -0.3 is 15.0 Å². The van der Waals surface area contributed by atoms with Gasteiger partial charge in [0.1, 0.15) is 0 Å². The van der Waals surface area contributed by atoms with Gasteiger partial charge in [-0.15, -0.1) is 4.91 Å². The molecular weight excluding hydrogens is 306 g/mol. The molecule has 3 rings (SSSR count). The molecule has 0 saturated heterocycles. The standard InChI is InChI=1S/C18H17N3O3/c1-11-3-5-13(6-4-11)10-21-16-8-7-14(19-12(2)22)9-15(16)17(20-24)18(21)23/h3-9,23H,10H2,1-2H3,(H,19,22). The second kappa shape index (κ2) is 6.16. The Kier molecular flexibility index (Phi) is 4.04. The number of hydrogen-bond acceptors (Lipinski definition) is 4. The minimum Gasteiger partial charge on any atom is -0.493 e. The number of nitroso groups, excluding NO2 is 1. The minimum absolute atomic E-state index is 0.0238. The molecule has 1 amide bonds. The Bertz CT molecular complexity index is 927. The van der Waals surface area contributed by atoms with E-state index in [1.807, 2.05) is 31.2 Å². The van der Waals surface area contributed by atoms with Crippen LogP contribution in [0.15, 0.2) is 47.6 Å². The number of rotatable bonds is 4. The molecule has 0 aliphatic rings. The van der Waals surface area contributed by atoms with E-state index in [0.29, 0.717) is 23.1 Å². The predicted octanol–water partition coefficient (Wildman–Crippen LogP) is 4.06. The van der Waals surface area contributed by atoms with Gasteiger partial charge in [0.05, 0.1) is 12.1 Å². The van der Waals surface area contributed by atoms with Crippen LogP contribution in [0.2, 0.25) is 0 Å². The monoisotopic (exact) mass is 323 g/mol. The van der Waals surface area contributed by atoms with E-state index in [9.17, 15) is 14.8 Å². The molecule has 0 unspecified atom stereocenters. The third-order valence-electron chi connectivity index (χ3n) is 3.88. The van der Waals surface area contributed by atoms with Crippen molar-refractivity contribution < 1.29 is 9.90 Å². The Morgan fingerprint density at radius 3 is 2.54 bits per heavy atom. The van der Waals surface area contributed by atoms with Gasteiger partial charge in [0.25, 0.3) is 0 Å². The van der Waals surface area contributed by atoms with E-state index in [4.69, 9.17) is 0 Å². The van der Waals surface area contributed by atoms with Crippen molar-refractivity contribution in [2.24, 2.45) is 5.18 Å². The Morgan fingerprint density at radius 1 is 1.21 bits per heavy atom. The molecule has 3 aromatic rings. The van der Waals surface area contributed by atoms with Crippen LogP contribution in [0.3, 0.4) is 0 Å². The largest absolute Gasteiger partial charge is 0.493 e. The van der Waals surface area contributed by atoms with Crippen molar-refractivity contribution >= 4 is 28.2 Å². The molecule has 0 bridgehead atoms. The fourth-order valence-corrected chi connectivity index (χ4v) is 2.73. The molecule has 1 heterocycles. The SMILES string of the molecule is CC(=O)Nc1ccc2c(c1)c(N=O)c(O)n2Cc1ccc(C)cc1. The number of fused-ring (bicyclic) bond motifs is 1. The van der Waals surface area contributed by atoms with Crippen molar-refractivity contribution in [1.82, 2.24) is 4.57 Å². The summed E-state index contributed by atoms with van der Waals surface area (Å²) >= 11 is 0. The highest BCUT2D eigenvalue weighted by molar-refractivity contribution is 5.99. The number of aromatic nitrogens is 1. The molecule has 0 saturated carbocycles. The molecule has 0 spiro atoms. The predicted molar refractivity (Wildman–Crippen MR) is 93.6 cm³/mol. The van der Waals surface area contributed by atoms with Crippen molar-refractivity contribution in [3.63, 3.8) is 0 Å².